The molecule has 0 aromatic heterocycles. The lowest BCUT2D eigenvalue weighted by molar-refractivity contribution is -0.122. The van der Waals surface area contributed by atoms with Crippen molar-refractivity contribution >= 4 is 44.8 Å². The summed E-state index contributed by atoms with van der Waals surface area (Å²) < 4.78 is 12.2. The third kappa shape index (κ3) is 5.12. The normalized spacial score (nSPS) is 16.1. The Kier molecular flexibility index (Phi) is 7.77. The van der Waals surface area contributed by atoms with Crippen LogP contribution in [0.15, 0.2) is 50.8 Å². The van der Waals surface area contributed by atoms with E-state index in [9.17, 15) is 10.1 Å². The Bertz CT molecular complexity index is 1090. The van der Waals surface area contributed by atoms with Gasteiger partial charge < -0.3 is 9.47 Å². The fraction of sp³-hybridized carbons (Fsp3) is 0.261. The number of carbonyl (C=O) groups is 1. The highest BCUT2D eigenvalue weighted by atomic mass is 79.9. The monoisotopic (exact) mass is 499 g/mol. The number of nitriles is 1. The molecule has 160 valence electrons. The van der Waals surface area contributed by atoms with Gasteiger partial charge in [-0.2, -0.15) is 5.26 Å². The van der Waals surface area contributed by atoms with Crippen molar-refractivity contribution in [2.45, 2.75) is 20.5 Å². The van der Waals surface area contributed by atoms with E-state index in [0.717, 1.165) is 16.3 Å². The van der Waals surface area contributed by atoms with Crippen LogP contribution in [0.2, 0.25) is 0 Å². The van der Waals surface area contributed by atoms with Crippen LogP contribution in [-0.2, 0) is 11.4 Å². The van der Waals surface area contributed by atoms with Crippen LogP contribution in [0, 0.1) is 11.3 Å². The summed E-state index contributed by atoms with van der Waals surface area (Å²) in [4.78, 5) is 19.4. The number of ether oxygens (including phenoxy) is 2. The summed E-state index contributed by atoms with van der Waals surface area (Å²) in [5, 5.41) is 9.99. The molecule has 6 nitrogen and oxygen atoms in total. The van der Waals surface area contributed by atoms with Gasteiger partial charge >= 0.3 is 0 Å². The van der Waals surface area contributed by atoms with Crippen molar-refractivity contribution in [1.82, 2.24) is 4.90 Å². The van der Waals surface area contributed by atoms with E-state index in [1.165, 1.54) is 11.8 Å². The fourth-order valence-corrected chi connectivity index (χ4v) is 4.74. The number of hydrogen-bond donors (Lipinski definition) is 0. The summed E-state index contributed by atoms with van der Waals surface area (Å²) in [6.07, 6.45) is 1.83. The van der Waals surface area contributed by atoms with Gasteiger partial charge in [0.25, 0.3) is 5.91 Å². The van der Waals surface area contributed by atoms with E-state index < -0.39 is 0 Å². The molecular formula is C23H22BrN3O3S. The predicted molar refractivity (Wildman–Crippen MR) is 127 cm³/mol. The van der Waals surface area contributed by atoms with E-state index in [-0.39, 0.29) is 12.5 Å². The summed E-state index contributed by atoms with van der Waals surface area (Å²) in [5.41, 5.74) is 2.17. The van der Waals surface area contributed by atoms with E-state index in [4.69, 9.17) is 9.47 Å². The van der Waals surface area contributed by atoms with Gasteiger partial charge in [-0.15, -0.1) is 0 Å². The summed E-state index contributed by atoms with van der Waals surface area (Å²) >= 11 is 4.93. The zero-order valence-corrected chi connectivity index (χ0v) is 19.9. The molecule has 0 atom stereocenters. The van der Waals surface area contributed by atoms with Crippen LogP contribution in [-0.4, -0.2) is 36.2 Å². The van der Waals surface area contributed by atoms with Gasteiger partial charge in [0.05, 0.1) is 28.1 Å². The first-order valence-corrected chi connectivity index (χ1v) is 11.4. The Morgan fingerprint density at radius 1 is 1.29 bits per heavy atom. The number of aliphatic imine (C=N–C) groups is 1. The van der Waals surface area contributed by atoms with Gasteiger partial charge in [-0.3, -0.25) is 14.7 Å². The van der Waals surface area contributed by atoms with Crippen LogP contribution in [0.4, 0.5) is 0 Å². The molecule has 1 heterocycles. The minimum Gasteiger partial charge on any atom is -0.493 e. The van der Waals surface area contributed by atoms with Gasteiger partial charge in [-0.05, 0) is 71.4 Å². The first kappa shape index (κ1) is 22.9. The Labute approximate surface area is 194 Å². The Morgan fingerprint density at radius 2 is 2.06 bits per heavy atom. The zero-order valence-electron chi connectivity index (χ0n) is 17.5. The number of likely N-dealkylation sites (N-methyl/N-ethyl adjacent to an activating group) is 1. The van der Waals surface area contributed by atoms with Crippen molar-refractivity contribution in [3.63, 3.8) is 0 Å². The third-order valence-electron chi connectivity index (χ3n) is 4.56. The van der Waals surface area contributed by atoms with Gasteiger partial charge in [-0.25, -0.2) is 0 Å². The quantitative estimate of drug-likeness (QED) is 0.488. The number of amides is 1. The Balaban J connectivity index is 1.88. The van der Waals surface area contributed by atoms with Crippen molar-refractivity contribution < 1.29 is 14.3 Å². The van der Waals surface area contributed by atoms with Crippen molar-refractivity contribution in [3.8, 4) is 17.6 Å². The standard InChI is InChI=1S/C23H22BrN3O3S/c1-4-26-23-27(5-2)22(28)20(31-23)12-15-10-18(24)21(19(11-15)29-3)30-14-17-9-7-6-8-16(17)13-25/h6-12H,4-5,14H2,1-3H3/b20-12+,26-23?. The SMILES string of the molecule is CCN=C1S/C(=C/c2cc(Br)c(OCc3ccccc3C#N)c(OC)c2)C(=O)N1CC. The number of amidine groups is 1. The molecule has 0 bridgehead atoms. The van der Waals surface area contributed by atoms with Gasteiger partial charge in [0.1, 0.15) is 6.61 Å². The number of thioether (sulfide) groups is 1. The summed E-state index contributed by atoms with van der Waals surface area (Å²) in [6, 6.07) is 13.2. The van der Waals surface area contributed by atoms with Crippen LogP contribution in [0.25, 0.3) is 6.08 Å². The molecule has 2 aromatic rings. The lowest BCUT2D eigenvalue weighted by atomic mass is 10.1. The Hall–Kier alpha value is -2.76. The molecule has 1 amide bonds. The first-order chi connectivity index (χ1) is 15.0. The molecule has 1 fully saturated rings. The molecule has 0 spiro atoms. The smallest absolute Gasteiger partial charge is 0.266 e. The van der Waals surface area contributed by atoms with E-state index in [2.05, 4.69) is 27.0 Å². The molecule has 0 radical (unpaired) electrons. The fourth-order valence-electron chi connectivity index (χ4n) is 3.06. The molecule has 8 heteroatoms. The largest absolute Gasteiger partial charge is 0.493 e. The maximum absolute atomic E-state index is 12.7. The van der Waals surface area contributed by atoms with Gasteiger partial charge in [0.15, 0.2) is 16.7 Å². The van der Waals surface area contributed by atoms with E-state index in [0.29, 0.717) is 39.5 Å². The number of rotatable bonds is 7. The molecule has 0 N–H and O–H groups in total. The van der Waals surface area contributed by atoms with Crippen molar-refractivity contribution in [2.24, 2.45) is 4.99 Å². The second kappa shape index (κ2) is 10.5. The lowest BCUT2D eigenvalue weighted by Gasteiger charge is -2.14. The van der Waals surface area contributed by atoms with Gasteiger partial charge in [0.2, 0.25) is 0 Å². The highest BCUT2D eigenvalue weighted by Gasteiger charge is 2.31. The van der Waals surface area contributed by atoms with Crippen LogP contribution < -0.4 is 9.47 Å². The molecule has 3 rings (SSSR count). The van der Waals surface area contributed by atoms with E-state index in [1.54, 1.807) is 18.1 Å². The van der Waals surface area contributed by atoms with Crippen molar-refractivity contribution in [1.29, 1.82) is 5.26 Å². The number of benzene rings is 2. The average molecular weight is 500 g/mol. The Morgan fingerprint density at radius 3 is 2.74 bits per heavy atom. The highest BCUT2D eigenvalue weighted by molar-refractivity contribution is 9.10. The zero-order chi connectivity index (χ0) is 22.4. The molecular weight excluding hydrogens is 478 g/mol. The molecule has 0 saturated carbocycles. The number of hydrogen-bond acceptors (Lipinski definition) is 6. The highest BCUT2D eigenvalue weighted by Crippen LogP contribution is 2.39. The number of methoxy groups -OCH3 is 1. The minimum absolute atomic E-state index is 0.0526. The second-order valence-corrected chi connectivity index (χ2v) is 8.37. The van der Waals surface area contributed by atoms with Crippen LogP contribution in [0.3, 0.4) is 0 Å². The average Bonchev–Trinajstić information content (AvgIpc) is 3.06. The topological polar surface area (TPSA) is 74.9 Å². The minimum atomic E-state index is -0.0526. The maximum Gasteiger partial charge on any atom is 0.266 e. The van der Waals surface area contributed by atoms with Crippen LogP contribution in [0.1, 0.15) is 30.5 Å². The molecule has 1 aliphatic rings. The predicted octanol–water partition coefficient (Wildman–Crippen LogP) is 5.22. The molecule has 1 aliphatic heterocycles. The lowest BCUT2D eigenvalue weighted by Crippen LogP contribution is -2.28. The summed E-state index contributed by atoms with van der Waals surface area (Å²) in [6.45, 7) is 5.31. The third-order valence-corrected chi connectivity index (χ3v) is 6.19. The number of carbonyl (C=O) groups excluding carboxylic acids is 1. The molecule has 0 aliphatic carbocycles. The van der Waals surface area contributed by atoms with E-state index >= 15 is 0 Å². The maximum atomic E-state index is 12.7. The van der Waals surface area contributed by atoms with E-state index in [1.807, 2.05) is 50.3 Å². The van der Waals surface area contributed by atoms with Crippen molar-refractivity contribution in [3.05, 3.63) is 62.5 Å². The van der Waals surface area contributed by atoms with Crippen molar-refractivity contribution in [2.75, 3.05) is 20.2 Å². The summed E-state index contributed by atoms with van der Waals surface area (Å²) in [7, 11) is 1.56. The summed E-state index contributed by atoms with van der Waals surface area (Å²) in [5.74, 6) is 1.01. The first-order valence-electron chi connectivity index (χ1n) is 9.76. The van der Waals surface area contributed by atoms with Crippen LogP contribution >= 0.6 is 27.7 Å². The van der Waals surface area contributed by atoms with Gasteiger partial charge in [0, 0.05) is 18.7 Å². The molecule has 31 heavy (non-hydrogen) atoms. The van der Waals surface area contributed by atoms with Gasteiger partial charge in [-0.1, -0.05) is 18.2 Å². The number of nitrogens with zero attached hydrogens (tertiary/aromatic N) is 3. The molecule has 1 saturated heterocycles. The molecule has 2 aromatic carbocycles. The number of halogens is 1. The second-order valence-electron chi connectivity index (χ2n) is 6.51. The van der Waals surface area contributed by atoms with Crippen LogP contribution in [0.5, 0.6) is 11.5 Å². The molecule has 0 unspecified atom stereocenters.